The predicted octanol–water partition coefficient (Wildman–Crippen LogP) is 2.13. The third kappa shape index (κ3) is 5.32. The molecule has 1 amide bonds. The molecule has 1 aliphatic heterocycles. The lowest BCUT2D eigenvalue weighted by Crippen LogP contribution is -2.40. The summed E-state index contributed by atoms with van der Waals surface area (Å²) >= 11 is 0. The minimum Gasteiger partial charge on any atom is -0.383 e. The van der Waals surface area contributed by atoms with E-state index in [0.717, 1.165) is 0 Å². The van der Waals surface area contributed by atoms with Crippen molar-refractivity contribution in [1.29, 1.82) is 0 Å². The minimum atomic E-state index is -3.69. The fraction of sp³-hybridized carbons (Fsp3) is 0.450. The summed E-state index contributed by atoms with van der Waals surface area (Å²) in [4.78, 5) is 21.0. The van der Waals surface area contributed by atoms with Gasteiger partial charge in [0.25, 0.3) is 5.91 Å². The van der Waals surface area contributed by atoms with Crippen molar-refractivity contribution >= 4 is 27.3 Å². The number of amides is 1. The molecule has 2 N–H and O–H groups in total. The van der Waals surface area contributed by atoms with Crippen LogP contribution in [-0.2, 0) is 14.8 Å². The molecule has 1 aromatic heterocycles. The van der Waals surface area contributed by atoms with Gasteiger partial charge in [0.05, 0.1) is 41.4 Å². The van der Waals surface area contributed by atoms with E-state index in [-0.39, 0.29) is 10.6 Å². The number of nitrogens with one attached hydrogen (secondary N) is 2. The van der Waals surface area contributed by atoms with Crippen molar-refractivity contribution < 1.29 is 17.9 Å². The van der Waals surface area contributed by atoms with E-state index >= 15 is 0 Å². The Morgan fingerprint density at radius 1 is 1.17 bits per heavy atom. The second-order valence-electron chi connectivity index (χ2n) is 7.50. The second-order valence-corrected chi connectivity index (χ2v) is 9.43. The summed E-state index contributed by atoms with van der Waals surface area (Å²) in [5, 5.41) is 6.03. The minimum absolute atomic E-state index is 0.116. The van der Waals surface area contributed by atoms with E-state index in [4.69, 9.17) is 4.74 Å². The number of anilines is 2. The lowest BCUT2D eigenvalue weighted by atomic mass is 10.2. The standard InChI is InChI=1S/C20H27N5O4S/c1-14(2)11-22-17-5-4-16(30(27,28)25-6-8-29-9-7-25)10-18(17)24-20(26)19-13-21-15(3)12-23-19/h4-5,10,12-14,22H,6-9,11H2,1-3H3,(H,24,26). The molecule has 1 saturated heterocycles. The number of benzene rings is 1. The van der Waals surface area contributed by atoms with Crippen molar-refractivity contribution in [1.82, 2.24) is 14.3 Å². The van der Waals surface area contributed by atoms with Gasteiger partial charge >= 0.3 is 0 Å². The average Bonchev–Trinajstić information content (AvgIpc) is 2.73. The van der Waals surface area contributed by atoms with Crippen LogP contribution in [0.3, 0.4) is 0 Å². The van der Waals surface area contributed by atoms with Crippen molar-refractivity contribution in [2.75, 3.05) is 43.5 Å². The average molecular weight is 434 g/mol. The van der Waals surface area contributed by atoms with Gasteiger partial charge in [-0.15, -0.1) is 0 Å². The molecule has 3 rings (SSSR count). The van der Waals surface area contributed by atoms with Crippen molar-refractivity contribution in [3.63, 3.8) is 0 Å². The molecule has 0 aliphatic carbocycles. The van der Waals surface area contributed by atoms with E-state index < -0.39 is 15.9 Å². The maximum Gasteiger partial charge on any atom is 0.275 e. The van der Waals surface area contributed by atoms with E-state index in [1.165, 1.54) is 22.8 Å². The molecule has 2 aromatic rings. The zero-order valence-corrected chi connectivity index (χ0v) is 18.2. The quantitative estimate of drug-likeness (QED) is 0.687. The molecular formula is C20H27N5O4S. The fourth-order valence-electron chi connectivity index (χ4n) is 2.89. The van der Waals surface area contributed by atoms with Crippen LogP contribution < -0.4 is 10.6 Å². The Labute approximate surface area is 176 Å². The SMILES string of the molecule is Cc1cnc(C(=O)Nc2cc(S(=O)(=O)N3CCOCC3)ccc2NCC(C)C)cn1. The van der Waals surface area contributed by atoms with Gasteiger partial charge in [-0.2, -0.15) is 4.31 Å². The lowest BCUT2D eigenvalue weighted by Gasteiger charge is -2.26. The highest BCUT2D eigenvalue weighted by Crippen LogP contribution is 2.28. The third-order valence-corrected chi connectivity index (χ3v) is 6.46. The van der Waals surface area contributed by atoms with Gasteiger partial charge < -0.3 is 15.4 Å². The Bertz CT molecular complexity index is 987. The molecule has 1 aromatic carbocycles. The van der Waals surface area contributed by atoms with Crippen molar-refractivity contribution in [3.05, 3.63) is 42.0 Å². The first kappa shape index (κ1) is 22.1. The van der Waals surface area contributed by atoms with Crippen molar-refractivity contribution in [2.45, 2.75) is 25.7 Å². The number of nitrogens with zero attached hydrogens (tertiary/aromatic N) is 3. The summed E-state index contributed by atoms with van der Waals surface area (Å²) in [6.45, 7) is 7.90. The highest BCUT2D eigenvalue weighted by Gasteiger charge is 2.27. The molecule has 1 aliphatic rings. The molecule has 0 bridgehead atoms. The number of rotatable bonds is 7. The molecule has 0 atom stereocenters. The Balaban J connectivity index is 1.91. The fourth-order valence-corrected chi connectivity index (χ4v) is 4.32. The molecule has 0 spiro atoms. The van der Waals surface area contributed by atoms with Crippen LogP contribution >= 0.6 is 0 Å². The first-order valence-electron chi connectivity index (χ1n) is 9.83. The second kappa shape index (κ2) is 9.50. The topological polar surface area (TPSA) is 114 Å². The maximum atomic E-state index is 13.0. The zero-order chi connectivity index (χ0) is 21.7. The largest absolute Gasteiger partial charge is 0.383 e. The van der Waals surface area contributed by atoms with Crippen LogP contribution in [0.2, 0.25) is 0 Å². The summed E-state index contributed by atoms with van der Waals surface area (Å²) in [7, 11) is -3.69. The Morgan fingerprint density at radius 2 is 1.90 bits per heavy atom. The molecule has 30 heavy (non-hydrogen) atoms. The number of carbonyl (C=O) groups is 1. The van der Waals surface area contributed by atoms with Gasteiger partial charge in [0.1, 0.15) is 5.69 Å². The van der Waals surface area contributed by atoms with Crippen LogP contribution in [0.1, 0.15) is 30.0 Å². The lowest BCUT2D eigenvalue weighted by molar-refractivity contribution is 0.0730. The molecule has 0 radical (unpaired) electrons. The molecule has 0 unspecified atom stereocenters. The Kier molecular flexibility index (Phi) is 7.01. The number of sulfonamides is 1. The molecule has 162 valence electrons. The number of morpholine rings is 1. The van der Waals surface area contributed by atoms with Gasteiger partial charge in [-0.1, -0.05) is 13.8 Å². The summed E-state index contributed by atoms with van der Waals surface area (Å²) < 4.78 is 32.7. The molecule has 10 heteroatoms. The normalized spacial score (nSPS) is 15.2. The molecule has 0 saturated carbocycles. The summed E-state index contributed by atoms with van der Waals surface area (Å²) in [5.74, 6) is -0.0932. The van der Waals surface area contributed by atoms with E-state index in [2.05, 4.69) is 34.4 Å². The third-order valence-electron chi connectivity index (χ3n) is 4.56. The van der Waals surface area contributed by atoms with Crippen LogP contribution in [-0.4, -0.2) is 61.4 Å². The highest BCUT2D eigenvalue weighted by atomic mass is 32.2. The predicted molar refractivity (Wildman–Crippen MR) is 114 cm³/mol. The molecular weight excluding hydrogens is 406 g/mol. The maximum absolute atomic E-state index is 13.0. The van der Waals surface area contributed by atoms with Crippen LogP contribution in [0, 0.1) is 12.8 Å². The molecule has 1 fully saturated rings. The van der Waals surface area contributed by atoms with Gasteiger partial charge in [0, 0.05) is 25.8 Å². The first-order chi connectivity index (χ1) is 14.3. The van der Waals surface area contributed by atoms with Gasteiger partial charge in [-0.25, -0.2) is 13.4 Å². The van der Waals surface area contributed by atoms with Crippen molar-refractivity contribution in [2.24, 2.45) is 5.92 Å². The van der Waals surface area contributed by atoms with E-state index in [1.54, 1.807) is 19.1 Å². The summed E-state index contributed by atoms with van der Waals surface area (Å²) in [6, 6.07) is 4.70. The number of carbonyl (C=O) groups excluding carboxylic acids is 1. The molecule has 9 nitrogen and oxygen atoms in total. The van der Waals surface area contributed by atoms with Crippen LogP contribution in [0.5, 0.6) is 0 Å². The van der Waals surface area contributed by atoms with Gasteiger partial charge in [-0.05, 0) is 31.0 Å². The number of ether oxygens (including phenoxy) is 1. The van der Waals surface area contributed by atoms with Gasteiger partial charge in [0.15, 0.2) is 0 Å². The number of aryl methyl sites for hydroxylation is 1. The van der Waals surface area contributed by atoms with E-state index in [9.17, 15) is 13.2 Å². The number of hydrogen-bond acceptors (Lipinski definition) is 7. The van der Waals surface area contributed by atoms with Gasteiger partial charge in [0.2, 0.25) is 10.0 Å². The molecule has 2 heterocycles. The number of hydrogen-bond donors (Lipinski definition) is 2. The van der Waals surface area contributed by atoms with E-state index in [1.807, 2.05) is 0 Å². The van der Waals surface area contributed by atoms with E-state index in [0.29, 0.717) is 55.8 Å². The summed E-state index contributed by atoms with van der Waals surface area (Å²) in [6.07, 6.45) is 2.90. The van der Waals surface area contributed by atoms with Crippen molar-refractivity contribution in [3.8, 4) is 0 Å². The van der Waals surface area contributed by atoms with Gasteiger partial charge in [-0.3, -0.25) is 9.78 Å². The van der Waals surface area contributed by atoms with Crippen LogP contribution in [0.4, 0.5) is 11.4 Å². The number of aromatic nitrogens is 2. The van der Waals surface area contributed by atoms with Crippen LogP contribution in [0.15, 0.2) is 35.5 Å². The smallest absolute Gasteiger partial charge is 0.275 e. The Morgan fingerprint density at radius 3 is 2.53 bits per heavy atom. The first-order valence-corrected chi connectivity index (χ1v) is 11.3. The van der Waals surface area contributed by atoms with Crippen LogP contribution in [0.25, 0.3) is 0 Å². The monoisotopic (exact) mass is 433 g/mol. The Hall–Kier alpha value is -2.56. The highest BCUT2D eigenvalue weighted by molar-refractivity contribution is 7.89. The summed E-state index contributed by atoms with van der Waals surface area (Å²) in [5.41, 5.74) is 1.86. The zero-order valence-electron chi connectivity index (χ0n) is 17.4.